The Bertz CT molecular complexity index is 805. The molecule has 1 atom stereocenters. The van der Waals surface area contributed by atoms with Crippen molar-refractivity contribution >= 4 is 22.9 Å². The van der Waals surface area contributed by atoms with Gasteiger partial charge < -0.3 is 5.11 Å². The second-order valence-corrected chi connectivity index (χ2v) is 6.40. The van der Waals surface area contributed by atoms with Gasteiger partial charge in [-0.1, -0.05) is 11.6 Å². The Kier molecular flexibility index (Phi) is 3.95. The number of thiazole rings is 1. The summed E-state index contributed by atoms with van der Waals surface area (Å²) in [6.45, 7) is 1.71. The molecule has 1 aromatic carbocycles. The predicted molar refractivity (Wildman–Crippen MR) is 85.4 cm³/mol. The van der Waals surface area contributed by atoms with Crippen LogP contribution in [-0.4, -0.2) is 15.1 Å². The summed E-state index contributed by atoms with van der Waals surface area (Å²) in [5.41, 5.74) is 0.283. The van der Waals surface area contributed by atoms with Crippen molar-refractivity contribution in [2.45, 2.75) is 12.5 Å². The molecule has 0 spiro atoms. The van der Waals surface area contributed by atoms with Gasteiger partial charge in [0.1, 0.15) is 16.4 Å². The van der Waals surface area contributed by atoms with Crippen molar-refractivity contribution in [3.8, 4) is 10.6 Å². The lowest BCUT2D eigenvalue weighted by Gasteiger charge is -2.21. The molecule has 2 aromatic heterocycles. The summed E-state index contributed by atoms with van der Waals surface area (Å²) in [5, 5.41) is 11.5. The van der Waals surface area contributed by atoms with Crippen molar-refractivity contribution in [3.63, 3.8) is 0 Å². The van der Waals surface area contributed by atoms with Crippen LogP contribution in [0.3, 0.4) is 0 Å². The molecule has 0 aliphatic carbocycles. The van der Waals surface area contributed by atoms with Gasteiger partial charge in [-0.05, 0) is 42.8 Å². The molecule has 3 rings (SSSR count). The quantitative estimate of drug-likeness (QED) is 0.778. The summed E-state index contributed by atoms with van der Waals surface area (Å²) in [7, 11) is 0. The first-order chi connectivity index (χ1) is 10.5. The van der Waals surface area contributed by atoms with Gasteiger partial charge in [0.2, 0.25) is 0 Å². The Hall–Kier alpha value is -1.82. The Labute approximate surface area is 136 Å². The maximum atomic E-state index is 13.2. The molecule has 0 aliphatic heterocycles. The average Bonchev–Trinajstić information content (AvgIpc) is 3.01. The summed E-state index contributed by atoms with van der Waals surface area (Å²) >= 11 is 7.14. The zero-order valence-corrected chi connectivity index (χ0v) is 13.2. The molecule has 0 radical (unpaired) electrons. The van der Waals surface area contributed by atoms with Crippen LogP contribution < -0.4 is 0 Å². The van der Waals surface area contributed by atoms with E-state index in [9.17, 15) is 9.50 Å². The monoisotopic (exact) mass is 334 g/mol. The molecule has 0 aliphatic rings. The highest BCUT2D eigenvalue weighted by molar-refractivity contribution is 7.15. The molecule has 6 heteroatoms. The van der Waals surface area contributed by atoms with Gasteiger partial charge in [0, 0.05) is 24.2 Å². The smallest absolute Gasteiger partial charge is 0.141 e. The second kappa shape index (κ2) is 5.76. The highest BCUT2D eigenvalue weighted by Gasteiger charge is 2.28. The first-order valence-electron chi connectivity index (χ1n) is 6.53. The van der Waals surface area contributed by atoms with E-state index in [2.05, 4.69) is 9.97 Å². The maximum absolute atomic E-state index is 13.2. The van der Waals surface area contributed by atoms with Gasteiger partial charge in [-0.25, -0.2) is 9.37 Å². The van der Waals surface area contributed by atoms with Crippen molar-refractivity contribution in [3.05, 3.63) is 70.2 Å². The molecular formula is C16H12ClFN2OS. The fraction of sp³-hybridized carbons (Fsp3) is 0.125. The van der Waals surface area contributed by atoms with Gasteiger partial charge >= 0.3 is 0 Å². The molecule has 3 nitrogen and oxygen atoms in total. The van der Waals surface area contributed by atoms with Crippen molar-refractivity contribution in [1.82, 2.24) is 9.97 Å². The Morgan fingerprint density at radius 3 is 2.64 bits per heavy atom. The van der Waals surface area contributed by atoms with E-state index in [0.29, 0.717) is 15.4 Å². The molecule has 0 saturated heterocycles. The van der Waals surface area contributed by atoms with Crippen LogP contribution in [0.4, 0.5) is 4.39 Å². The number of aromatic nitrogens is 2. The number of halogens is 2. The highest BCUT2D eigenvalue weighted by Crippen LogP contribution is 2.36. The maximum Gasteiger partial charge on any atom is 0.141 e. The van der Waals surface area contributed by atoms with E-state index >= 15 is 0 Å². The minimum atomic E-state index is -1.16. The number of rotatable bonds is 3. The minimum absolute atomic E-state index is 0.0511. The summed E-state index contributed by atoms with van der Waals surface area (Å²) in [6.07, 6.45) is 4.88. The van der Waals surface area contributed by atoms with E-state index in [-0.39, 0.29) is 5.02 Å². The van der Waals surface area contributed by atoms with Crippen molar-refractivity contribution in [2.24, 2.45) is 0 Å². The lowest BCUT2D eigenvalue weighted by Crippen LogP contribution is -2.21. The number of nitrogens with zero attached hydrogens (tertiary/aromatic N) is 2. The zero-order chi connectivity index (χ0) is 15.7. The van der Waals surface area contributed by atoms with E-state index in [4.69, 9.17) is 11.6 Å². The summed E-state index contributed by atoms with van der Waals surface area (Å²) in [6, 6.07) is 7.97. The van der Waals surface area contributed by atoms with E-state index in [1.165, 1.54) is 23.5 Å². The van der Waals surface area contributed by atoms with Gasteiger partial charge in [-0.15, -0.1) is 11.3 Å². The Morgan fingerprint density at radius 1 is 1.23 bits per heavy atom. The molecule has 0 amide bonds. The summed E-state index contributed by atoms with van der Waals surface area (Å²) in [4.78, 5) is 8.95. The third kappa shape index (κ3) is 2.75. The van der Waals surface area contributed by atoms with Gasteiger partial charge in [-0.3, -0.25) is 4.98 Å². The van der Waals surface area contributed by atoms with Crippen LogP contribution in [0.1, 0.15) is 17.4 Å². The third-order valence-corrected chi connectivity index (χ3v) is 4.94. The van der Waals surface area contributed by atoms with E-state index in [1.807, 2.05) is 0 Å². The Balaban J connectivity index is 1.98. The van der Waals surface area contributed by atoms with Crippen LogP contribution in [0.25, 0.3) is 10.6 Å². The average molecular weight is 335 g/mol. The fourth-order valence-corrected chi connectivity index (χ4v) is 3.24. The molecule has 3 aromatic rings. The predicted octanol–water partition coefficient (Wildman–Crippen LogP) is 4.25. The SMILES string of the molecule is CC(O)(c1ccncc1)c1cnc(-c2ccc(F)c(Cl)c2)s1. The topological polar surface area (TPSA) is 46.0 Å². The number of benzene rings is 1. The van der Waals surface area contributed by atoms with Crippen LogP contribution in [0.15, 0.2) is 48.9 Å². The number of aliphatic hydroxyl groups is 1. The van der Waals surface area contributed by atoms with Gasteiger partial charge in [0.15, 0.2) is 0 Å². The van der Waals surface area contributed by atoms with Crippen molar-refractivity contribution in [2.75, 3.05) is 0 Å². The molecule has 1 unspecified atom stereocenters. The van der Waals surface area contributed by atoms with Crippen LogP contribution >= 0.6 is 22.9 Å². The summed E-state index contributed by atoms with van der Waals surface area (Å²) in [5.74, 6) is -0.467. The molecule has 2 heterocycles. The minimum Gasteiger partial charge on any atom is -0.380 e. The standard InChI is InChI=1S/C16H12ClFN2OS/c1-16(21,11-4-6-19-7-5-11)14-9-20-15(22-14)10-2-3-13(18)12(17)8-10/h2-9,21H,1H3. The van der Waals surface area contributed by atoms with Crippen molar-refractivity contribution < 1.29 is 9.50 Å². The van der Waals surface area contributed by atoms with Crippen LogP contribution in [-0.2, 0) is 5.60 Å². The molecule has 0 bridgehead atoms. The first-order valence-corrected chi connectivity index (χ1v) is 7.72. The summed E-state index contributed by atoms with van der Waals surface area (Å²) < 4.78 is 13.2. The number of hydrogen-bond donors (Lipinski definition) is 1. The molecule has 112 valence electrons. The third-order valence-electron chi connectivity index (χ3n) is 3.39. The van der Waals surface area contributed by atoms with Gasteiger partial charge in [0.05, 0.1) is 9.90 Å². The lowest BCUT2D eigenvalue weighted by molar-refractivity contribution is 0.106. The zero-order valence-electron chi connectivity index (χ0n) is 11.6. The van der Waals surface area contributed by atoms with Gasteiger partial charge in [-0.2, -0.15) is 0 Å². The van der Waals surface area contributed by atoms with E-state index in [0.717, 1.165) is 5.56 Å². The molecular weight excluding hydrogens is 323 g/mol. The van der Waals surface area contributed by atoms with Crippen LogP contribution in [0, 0.1) is 5.82 Å². The normalized spacial score (nSPS) is 13.8. The number of pyridine rings is 1. The largest absolute Gasteiger partial charge is 0.380 e. The van der Waals surface area contributed by atoms with E-state index in [1.54, 1.807) is 43.7 Å². The van der Waals surface area contributed by atoms with Crippen LogP contribution in [0.2, 0.25) is 5.02 Å². The fourth-order valence-electron chi connectivity index (χ4n) is 2.08. The molecule has 1 N–H and O–H groups in total. The number of hydrogen-bond acceptors (Lipinski definition) is 4. The highest BCUT2D eigenvalue weighted by atomic mass is 35.5. The van der Waals surface area contributed by atoms with E-state index < -0.39 is 11.4 Å². The molecule has 0 fully saturated rings. The molecule has 22 heavy (non-hydrogen) atoms. The Morgan fingerprint density at radius 2 is 1.95 bits per heavy atom. The van der Waals surface area contributed by atoms with Crippen molar-refractivity contribution in [1.29, 1.82) is 0 Å². The second-order valence-electron chi connectivity index (χ2n) is 4.97. The van der Waals surface area contributed by atoms with Crippen LogP contribution in [0.5, 0.6) is 0 Å². The van der Waals surface area contributed by atoms with Gasteiger partial charge in [0.25, 0.3) is 0 Å². The molecule has 0 saturated carbocycles. The first kappa shape index (κ1) is 15.1. The lowest BCUT2D eigenvalue weighted by atomic mass is 9.96.